The maximum absolute atomic E-state index is 5.69. The van der Waals surface area contributed by atoms with Gasteiger partial charge in [0.15, 0.2) is 0 Å². The van der Waals surface area contributed by atoms with Crippen LogP contribution < -0.4 is 0 Å². The fraction of sp³-hybridized carbons (Fsp3) is 0.400. The van der Waals surface area contributed by atoms with Gasteiger partial charge in [-0.25, -0.2) is 4.98 Å². The predicted octanol–water partition coefficient (Wildman–Crippen LogP) is 2.63. The number of halogens is 1. The maximum atomic E-state index is 5.69. The van der Waals surface area contributed by atoms with Gasteiger partial charge >= 0.3 is 0 Å². The first kappa shape index (κ1) is 10.6. The number of hydrogen-bond donors (Lipinski definition) is 0. The predicted molar refractivity (Wildman–Crippen MR) is 62.3 cm³/mol. The zero-order chi connectivity index (χ0) is 10.7. The van der Waals surface area contributed by atoms with Crippen molar-refractivity contribution in [3.63, 3.8) is 0 Å². The van der Waals surface area contributed by atoms with Crippen molar-refractivity contribution in [2.75, 3.05) is 0 Å². The molecule has 2 heterocycles. The van der Waals surface area contributed by atoms with Crippen molar-refractivity contribution in [2.45, 2.75) is 25.8 Å². The largest absolute Gasteiger partial charge is 0.269 e. The summed E-state index contributed by atoms with van der Waals surface area (Å²) in [4.78, 5) is 4.40. The summed E-state index contributed by atoms with van der Waals surface area (Å²) < 4.78 is 1.99. The van der Waals surface area contributed by atoms with Crippen LogP contribution in [0.1, 0.15) is 16.4 Å². The molecular weight excluding hydrogens is 230 g/mol. The van der Waals surface area contributed by atoms with Crippen LogP contribution in [0.25, 0.3) is 0 Å². The molecule has 0 unspecified atom stereocenters. The van der Waals surface area contributed by atoms with Crippen LogP contribution in [0.2, 0.25) is 0 Å². The fourth-order valence-electron chi connectivity index (χ4n) is 1.36. The van der Waals surface area contributed by atoms with Crippen LogP contribution in [0.4, 0.5) is 0 Å². The molecule has 0 atom stereocenters. The van der Waals surface area contributed by atoms with Gasteiger partial charge < -0.3 is 0 Å². The topological polar surface area (TPSA) is 30.7 Å². The SMILES string of the molecule is Cc1ccnn1CCc1nc(CCl)cs1. The molecule has 0 saturated carbocycles. The van der Waals surface area contributed by atoms with Crippen LogP contribution >= 0.6 is 22.9 Å². The van der Waals surface area contributed by atoms with Crippen LogP contribution in [-0.2, 0) is 18.8 Å². The average molecular weight is 242 g/mol. The lowest BCUT2D eigenvalue weighted by atomic mass is 10.4. The third-order valence-electron chi connectivity index (χ3n) is 2.20. The summed E-state index contributed by atoms with van der Waals surface area (Å²) in [6, 6.07) is 2.01. The molecule has 0 aliphatic carbocycles. The highest BCUT2D eigenvalue weighted by Crippen LogP contribution is 2.13. The summed E-state index contributed by atoms with van der Waals surface area (Å²) in [6.45, 7) is 2.94. The number of nitrogens with zero attached hydrogens (tertiary/aromatic N) is 3. The van der Waals surface area contributed by atoms with Gasteiger partial charge in [-0.3, -0.25) is 4.68 Å². The Kier molecular flexibility index (Phi) is 3.38. The van der Waals surface area contributed by atoms with E-state index in [9.17, 15) is 0 Å². The summed E-state index contributed by atoms with van der Waals surface area (Å²) in [5, 5.41) is 7.36. The zero-order valence-corrected chi connectivity index (χ0v) is 10.1. The van der Waals surface area contributed by atoms with E-state index in [2.05, 4.69) is 17.0 Å². The van der Waals surface area contributed by atoms with E-state index >= 15 is 0 Å². The lowest BCUT2D eigenvalue weighted by molar-refractivity contribution is 0.597. The minimum absolute atomic E-state index is 0.497. The Balaban J connectivity index is 1.96. The molecule has 0 aromatic carbocycles. The standard InChI is InChI=1S/C10H12ClN3S/c1-8-2-4-12-14(8)5-3-10-13-9(6-11)7-15-10/h2,4,7H,3,5-6H2,1H3. The second-order valence-electron chi connectivity index (χ2n) is 3.31. The molecule has 2 rings (SSSR count). The molecule has 15 heavy (non-hydrogen) atoms. The highest BCUT2D eigenvalue weighted by Gasteiger charge is 2.02. The lowest BCUT2D eigenvalue weighted by Gasteiger charge is -2.01. The van der Waals surface area contributed by atoms with Crippen molar-refractivity contribution in [1.29, 1.82) is 0 Å². The first-order valence-electron chi connectivity index (χ1n) is 4.77. The van der Waals surface area contributed by atoms with Crippen molar-refractivity contribution in [3.05, 3.63) is 34.0 Å². The Hall–Kier alpha value is -0.870. The third kappa shape index (κ3) is 2.58. The molecule has 0 spiro atoms. The van der Waals surface area contributed by atoms with E-state index in [0.29, 0.717) is 5.88 Å². The summed E-state index contributed by atoms with van der Waals surface area (Å²) >= 11 is 7.36. The van der Waals surface area contributed by atoms with Crippen molar-refractivity contribution in [3.8, 4) is 0 Å². The molecule has 0 saturated heterocycles. The van der Waals surface area contributed by atoms with Crippen molar-refractivity contribution in [2.24, 2.45) is 0 Å². The van der Waals surface area contributed by atoms with Crippen LogP contribution in [0.3, 0.4) is 0 Å². The number of aryl methyl sites for hydroxylation is 3. The van der Waals surface area contributed by atoms with E-state index in [1.807, 2.05) is 22.3 Å². The molecule has 80 valence electrons. The molecular formula is C10H12ClN3S. The number of thiazole rings is 1. The number of hydrogen-bond acceptors (Lipinski definition) is 3. The van der Waals surface area contributed by atoms with Gasteiger partial charge in [0.1, 0.15) is 0 Å². The van der Waals surface area contributed by atoms with Crippen molar-refractivity contribution >= 4 is 22.9 Å². The van der Waals surface area contributed by atoms with E-state index in [1.54, 1.807) is 11.3 Å². The molecule has 5 heteroatoms. The summed E-state index contributed by atoms with van der Waals surface area (Å²) in [5.41, 5.74) is 2.15. The summed E-state index contributed by atoms with van der Waals surface area (Å²) in [7, 11) is 0. The van der Waals surface area contributed by atoms with Crippen molar-refractivity contribution in [1.82, 2.24) is 14.8 Å². The first-order valence-corrected chi connectivity index (χ1v) is 6.18. The summed E-state index contributed by atoms with van der Waals surface area (Å²) in [6.07, 6.45) is 2.74. The minimum Gasteiger partial charge on any atom is -0.269 e. The molecule has 2 aromatic rings. The second kappa shape index (κ2) is 4.77. The Morgan fingerprint density at radius 1 is 1.53 bits per heavy atom. The minimum atomic E-state index is 0.497. The summed E-state index contributed by atoms with van der Waals surface area (Å²) in [5.74, 6) is 0.497. The van der Waals surface area contributed by atoms with Gasteiger partial charge in [0, 0.05) is 30.2 Å². The van der Waals surface area contributed by atoms with E-state index in [1.165, 1.54) is 5.69 Å². The number of alkyl halides is 1. The van der Waals surface area contributed by atoms with Crippen LogP contribution in [0.15, 0.2) is 17.6 Å². The van der Waals surface area contributed by atoms with Gasteiger partial charge in [-0.15, -0.1) is 22.9 Å². The molecule has 0 N–H and O–H groups in total. The molecule has 2 aromatic heterocycles. The molecule has 0 fully saturated rings. The van der Waals surface area contributed by atoms with Gasteiger partial charge in [-0.2, -0.15) is 5.10 Å². The Labute approximate surface area is 97.7 Å². The van der Waals surface area contributed by atoms with E-state index in [4.69, 9.17) is 11.6 Å². The quantitative estimate of drug-likeness (QED) is 0.771. The highest BCUT2D eigenvalue weighted by atomic mass is 35.5. The lowest BCUT2D eigenvalue weighted by Crippen LogP contribution is -2.04. The second-order valence-corrected chi connectivity index (χ2v) is 4.52. The molecule has 0 aliphatic rings. The van der Waals surface area contributed by atoms with Crippen LogP contribution in [-0.4, -0.2) is 14.8 Å². The monoisotopic (exact) mass is 241 g/mol. The number of aromatic nitrogens is 3. The molecule has 0 bridgehead atoms. The fourth-order valence-corrected chi connectivity index (χ4v) is 2.38. The molecule has 0 aliphatic heterocycles. The van der Waals surface area contributed by atoms with Crippen LogP contribution in [0, 0.1) is 6.92 Å². The average Bonchev–Trinajstić information content (AvgIpc) is 2.84. The van der Waals surface area contributed by atoms with Crippen molar-refractivity contribution < 1.29 is 0 Å². The molecule has 0 amide bonds. The Morgan fingerprint density at radius 2 is 2.40 bits per heavy atom. The van der Waals surface area contributed by atoms with E-state index in [-0.39, 0.29) is 0 Å². The third-order valence-corrected chi connectivity index (χ3v) is 3.43. The highest BCUT2D eigenvalue weighted by molar-refractivity contribution is 7.09. The van der Waals surface area contributed by atoms with Gasteiger partial charge in [0.05, 0.1) is 16.6 Å². The van der Waals surface area contributed by atoms with Gasteiger partial charge in [-0.05, 0) is 13.0 Å². The Bertz CT molecular complexity index is 435. The molecule has 0 radical (unpaired) electrons. The van der Waals surface area contributed by atoms with E-state index in [0.717, 1.165) is 23.7 Å². The van der Waals surface area contributed by atoms with E-state index < -0.39 is 0 Å². The van der Waals surface area contributed by atoms with Gasteiger partial charge in [0.2, 0.25) is 0 Å². The van der Waals surface area contributed by atoms with Gasteiger partial charge in [-0.1, -0.05) is 0 Å². The van der Waals surface area contributed by atoms with Gasteiger partial charge in [0.25, 0.3) is 0 Å². The number of rotatable bonds is 4. The zero-order valence-electron chi connectivity index (χ0n) is 8.48. The van der Waals surface area contributed by atoms with Crippen LogP contribution in [0.5, 0.6) is 0 Å². The molecule has 3 nitrogen and oxygen atoms in total. The smallest absolute Gasteiger partial charge is 0.0947 e. The maximum Gasteiger partial charge on any atom is 0.0947 e. The normalized spacial score (nSPS) is 10.8. The first-order chi connectivity index (χ1) is 7.29. The Morgan fingerprint density at radius 3 is 3.00 bits per heavy atom.